The molecule has 4 nitrogen and oxygen atoms in total. The summed E-state index contributed by atoms with van der Waals surface area (Å²) in [4.78, 5) is 18.2. The number of aryl methyl sites for hydroxylation is 1. The average Bonchev–Trinajstić information content (AvgIpc) is 2.70. The van der Waals surface area contributed by atoms with E-state index >= 15 is 0 Å². The molecule has 0 saturated heterocycles. The van der Waals surface area contributed by atoms with Crippen molar-refractivity contribution in [1.82, 2.24) is 9.97 Å². The van der Waals surface area contributed by atoms with Gasteiger partial charge in [0.05, 0.1) is 10.6 Å². The molecule has 2 rings (SSSR count). The van der Waals surface area contributed by atoms with Crippen LogP contribution in [0.15, 0.2) is 33.7 Å². The van der Waals surface area contributed by atoms with E-state index in [2.05, 4.69) is 9.97 Å². The lowest BCUT2D eigenvalue weighted by atomic mass is 10.1. The van der Waals surface area contributed by atoms with E-state index in [1.807, 2.05) is 6.92 Å². The van der Waals surface area contributed by atoms with Gasteiger partial charge in [-0.05, 0) is 24.1 Å². The van der Waals surface area contributed by atoms with Gasteiger partial charge < -0.3 is 4.42 Å². The molecule has 0 aliphatic heterocycles. The maximum atomic E-state index is 11.1. The molecule has 0 spiro atoms. The Hall–Kier alpha value is -1.75. The first-order chi connectivity index (χ1) is 7.72. The molecule has 82 valence electrons. The molecule has 0 amide bonds. The number of nitrogens with zero attached hydrogens (tertiary/aromatic N) is 1. The fraction of sp³-hybridized carbons (Fsp3) is 0.182. The number of thiocarbonyl (C=S) groups is 1. The lowest BCUT2D eigenvalue weighted by molar-refractivity contribution is 0.508. The summed E-state index contributed by atoms with van der Waals surface area (Å²) in [5.41, 5.74) is 1.55. The highest BCUT2D eigenvalue weighted by Crippen LogP contribution is 2.12. The molecular weight excluding hydrogens is 224 g/mol. The Kier molecular flexibility index (Phi) is 2.96. The van der Waals surface area contributed by atoms with Crippen LogP contribution >= 0.6 is 12.2 Å². The van der Waals surface area contributed by atoms with Crippen LogP contribution in [-0.4, -0.2) is 14.8 Å². The van der Waals surface area contributed by atoms with E-state index in [9.17, 15) is 4.79 Å². The minimum atomic E-state index is -0.469. The third kappa shape index (κ3) is 1.94. The van der Waals surface area contributed by atoms with Crippen LogP contribution in [0, 0.1) is 0 Å². The van der Waals surface area contributed by atoms with Crippen molar-refractivity contribution in [3.63, 3.8) is 0 Å². The zero-order valence-electron chi connectivity index (χ0n) is 8.69. The third-order valence-electron chi connectivity index (χ3n) is 2.22. The van der Waals surface area contributed by atoms with E-state index in [0.717, 1.165) is 11.3 Å². The normalized spacial score (nSPS) is 10.3. The summed E-state index contributed by atoms with van der Waals surface area (Å²) in [7, 11) is 0. The zero-order valence-corrected chi connectivity index (χ0v) is 9.50. The highest BCUT2D eigenvalue weighted by Gasteiger charge is 2.14. The number of aromatic nitrogens is 2. The zero-order chi connectivity index (χ0) is 11.5. The van der Waals surface area contributed by atoms with Gasteiger partial charge in [-0.25, -0.2) is 4.79 Å². The molecule has 0 bridgehead atoms. The molecule has 1 N–H and O–H groups in total. The summed E-state index contributed by atoms with van der Waals surface area (Å²) in [6, 6.07) is 3.57. The van der Waals surface area contributed by atoms with E-state index in [1.165, 1.54) is 0 Å². The van der Waals surface area contributed by atoms with Crippen molar-refractivity contribution in [3.05, 3.63) is 52.1 Å². The molecule has 0 aliphatic carbocycles. The fourth-order valence-corrected chi connectivity index (χ4v) is 1.73. The molecule has 0 aromatic carbocycles. The van der Waals surface area contributed by atoms with Gasteiger partial charge in [0.1, 0.15) is 0 Å². The Morgan fingerprint density at radius 3 is 2.81 bits per heavy atom. The molecule has 16 heavy (non-hydrogen) atoms. The molecule has 0 radical (unpaired) electrons. The number of pyridine rings is 1. The monoisotopic (exact) mass is 234 g/mol. The summed E-state index contributed by atoms with van der Waals surface area (Å²) in [5.74, 6) is -0.0167. The first kappa shape index (κ1) is 10.8. The van der Waals surface area contributed by atoms with Gasteiger partial charge in [0.25, 0.3) is 0 Å². The second-order valence-corrected chi connectivity index (χ2v) is 3.65. The maximum Gasteiger partial charge on any atom is 0.417 e. The van der Waals surface area contributed by atoms with Crippen LogP contribution < -0.4 is 5.76 Å². The van der Waals surface area contributed by atoms with Crippen molar-refractivity contribution in [2.75, 3.05) is 0 Å². The number of aromatic amines is 1. The molecule has 2 aromatic heterocycles. The molecule has 2 heterocycles. The van der Waals surface area contributed by atoms with Crippen molar-refractivity contribution in [2.24, 2.45) is 0 Å². The highest BCUT2D eigenvalue weighted by molar-refractivity contribution is 7.81. The number of H-pyrrole nitrogens is 1. The van der Waals surface area contributed by atoms with E-state index in [4.69, 9.17) is 16.6 Å². The predicted octanol–water partition coefficient (Wildman–Crippen LogP) is 1.69. The van der Waals surface area contributed by atoms with E-state index < -0.39 is 5.76 Å². The summed E-state index contributed by atoms with van der Waals surface area (Å²) >= 11 is 5.27. The predicted molar refractivity (Wildman–Crippen MR) is 63.7 cm³/mol. The lowest BCUT2D eigenvalue weighted by Crippen LogP contribution is -2.01. The largest absolute Gasteiger partial charge is 0.417 e. The van der Waals surface area contributed by atoms with Gasteiger partial charge in [-0.2, -0.15) is 0 Å². The van der Waals surface area contributed by atoms with Crippen molar-refractivity contribution in [1.29, 1.82) is 0 Å². The smallest absolute Gasteiger partial charge is 0.407 e. The van der Waals surface area contributed by atoms with Crippen molar-refractivity contribution in [2.45, 2.75) is 13.3 Å². The number of nitrogens with one attached hydrogen (secondary N) is 1. The second kappa shape index (κ2) is 4.40. The average molecular weight is 234 g/mol. The maximum absolute atomic E-state index is 11.1. The van der Waals surface area contributed by atoms with Crippen LogP contribution in [0.25, 0.3) is 0 Å². The van der Waals surface area contributed by atoms with Gasteiger partial charge in [0.15, 0.2) is 5.76 Å². The van der Waals surface area contributed by atoms with Gasteiger partial charge in [-0.15, -0.1) is 0 Å². The first-order valence-electron chi connectivity index (χ1n) is 4.89. The van der Waals surface area contributed by atoms with Crippen molar-refractivity contribution < 1.29 is 4.42 Å². The first-order valence-corrected chi connectivity index (χ1v) is 5.30. The topological polar surface area (TPSA) is 58.9 Å². The van der Waals surface area contributed by atoms with Gasteiger partial charge in [0.2, 0.25) is 0 Å². The minimum Gasteiger partial charge on any atom is -0.407 e. The second-order valence-electron chi connectivity index (χ2n) is 3.24. The summed E-state index contributed by atoms with van der Waals surface area (Å²) in [6.07, 6.45) is 3.97. The quantitative estimate of drug-likeness (QED) is 0.648. The van der Waals surface area contributed by atoms with Gasteiger partial charge >= 0.3 is 5.76 Å². The van der Waals surface area contributed by atoms with Crippen LogP contribution in [0.2, 0.25) is 0 Å². The van der Waals surface area contributed by atoms with Gasteiger partial charge in [-0.3, -0.25) is 9.97 Å². The van der Waals surface area contributed by atoms with E-state index in [0.29, 0.717) is 17.0 Å². The van der Waals surface area contributed by atoms with Crippen LogP contribution in [0.1, 0.15) is 23.9 Å². The lowest BCUT2D eigenvalue weighted by Gasteiger charge is -2.01. The summed E-state index contributed by atoms with van der Waals surface area (Å²) in [6.45, 7) is 1.93. The van der Waals surface area contributed by atoms with Crippen molar-refractivity contribution >= 4 is 17.1 Å². The van der Waals surface area contributed by atoms with Crippen LogP contribution in [0.3, 0.4) is 0 Å². The molecule has 0 aliphatic rings. The summed E-state index contributed by atoms with van der Waals surface area (Å²) < 4.78 is 5.05. The van der Waals surface area contributed by atoms with Crippen LogP contribution in [0.5, 0.6) is 0 Å². The molecule has 2 aromatic rings. The molecule has 0 atom stereocenters. The molecule has 0 unspecified atom stereocenters. The van der Waals surface area contributed by atoms with Crippen molar-refractivity contribution in [3.8, 4) is 0 Å². The minimum absolute atomic E-state index is 0.453. The third-order valence-corrected chi connectivity index (χ3v) is 2.65. The molecule has 0 fully saturated rings. The summed E-state index contributed by atoms with van der Waals surface area (Å²) in [5, 5.41) is 0. The Bertz CT molecular complexity index is 557. The Balaban J connectivity index is 2.45. The van der Waals surface area contributed by atoms with Crippen LogP contribution in [0.4, 0.5) is 0 Å². The Morgan fingerprint density at radius 2 is 2.19 bits per heavy atom. The van der Waals surface area contributed by atoms with Gasteiger partial charge in [-0.1, -0.05) is 19.1 Å². The molecule has 0 saturated carbocycles. The number of oxazole rings is 1. The van der Waals surface area contributed by atoms with Crippen LogP contribution in [-0.2, 0) is 6.42 Å². The standard InChI is InChI=1S/C11H10N2O2S/c1-2-8-9(15-11(14)13-8)10(16)7-3-5-12-6-4-7/h3-6H,2H2,1H3,(H,13,14). The number of rotatable bonds is 3. The Labute approximate surface area is 97.3 Å². The van der Waals surface area contributed by atoms with E-state index in [-0.39, 0.29) is 0 Å². The molecular formula is C11H10N2O2S. The van der Waals surface area contributed by atoms with E-state index in [1.54, 1.807) is 24.5 Å². The number of hydrogen-bond acceptors (Lipinski definition) is 4. The molecule has 5 heteroatoms. The Morgan fingerprint density at radius 1 is 1.50 bits per heavy atom. The van der Waals surface area contributed by atoms with Gasteiger partial charge in [0, 0.05) is 12.4 Å². The fourth-order valence-electron chi connectivity index (χ4n) is 1.43. The SMILES string of the molecule is CCc1[nH]c(=O)oc1C(=S)c1ccncc1. The highest BCUT2D eigenvalue weighted by atomic mass is 32.1. The number of hydrogen-bond donors (Lipinski definition) is 1.